The predicted octanol–water partition coefficient (Wildman–Crippen LogP) is -42.1. The fraction of sp³-hybridized carbons (Fsp3) is 1.00. The maximum Gasteiger partial charge on any atom is 0.0661 e. The molecular formula is C21H150N7Nb3O40SiW9+7. The molecule has 81 heavy (non-hydrogen) atoms. The monoisotopic (exact) mass is 3100 g/mol. The Morgan fingerprint density at radius 1 is 0.0988 bits per heavy atom. The normalized spacial score (nSPS) is 3.11. The summed E-state index contributed by atoms with van der Waals surface area (Å²) >= 11 is 0. The Morgan fingerprint density at radius 3 is 0.0988 bits per heavy atom. The smallest absolute Gasteiger partial charge is 0.0661 e. The van der Waals surface area contributed by atoms with Crippen molar-refractivity contribution in [3.63, 3.8) is 0 Å². The van der Waals surface area contributed by atoms with Crippen LogP contribution in [-0.4, -0.2) is 378 Å². The van der Waals surface area contributed by atoms with Crippen molar-refractivity contribution >= 4 is 11.0 Å². The Kier molecular flexibility index (Phi) is 8770. The van der Waals surface area contributed by atoms with Gasteiger partial charge in [-0.15, -0.1) is 0 Å². The molecule has 47 nitrogen and oxygen atoms in total. The van der Waals surface area contributed by atoms with Gasteiger partial charge in [0.2, 0.25) is 0 Å². The first-order chi connectivity index (χ1) is 12.1. The van der Waals surface area contributed by atoms with Crippen molar-refractivity contribution in [2.75, 3.05) is 148 Å². The maximum atomic E-state index is 2.08. The van der Waals surface area contributed by atoms with Gasteiger partial charge < -0.3 is 253 Å². The van der Waals surface area contributed by atoms with Crippen molar-refractivity contribution in [3.05, 3.63) is 0 Å². The molecule has 7 radical (unpaired) electrons. The molecule has 0 aliphatic carbocycles. The van der Waals surface area contributed by atoms with Crippen LogP contribution in [0, 0.1) is 0 Å². The molecular weight excluding hydrogens is 2950 g/mol. The van der Waals surface area contributed by atoms with E-state index in [1.165, 1.54) is 34.3 Å². The molecule has 0 fully saturated rings. The van der Waals surface area contributed by atoms with Gasteiger partial charge in [0.15, 0.2) is 0 Å². The molecule has 0 rings (SSSR count). The van der Waals surface area contributed by atoms with Gasteiger partial charge >= 0.3 is 0 Å². The molecule has 0 aromatic heterocycles. The first-order valence-electron chi connectivity index (χ1n) is 10.5. The van der Waals surface area contributed by atoms with E-state index in [2.05, 4.69) is 148 Å². The predicted molar refractivity (Wildman–Crippen MR) is 281 cm³/mol. The van der Waals surface area contributed by atoms with Crippen molar-refractivity contribution in [1.82, 2.24) is 0 Å². The van der Waals surface area contributed by atoms with E-state index in [9.17, 15) is 0 Å². The number of hydrogen-bond acceptors (Lipinski definition) is 0. The van der Waals surface area contributed by atoms with Gasteiger partial charge in [-0.25, -0.2) is 0 Å². The molecule has 0 bridgehead atoms. The minimum absolute atomic E-state index is 0. The summed E-state index contributed by atoms with van der Waals surface area (Å²) in [7, 11) is 43.8. The Morgan fingerprint density at radius 2 is 0.0988 bits per heavy atom. The van der Waals surface area contributed by atoms with Gasteiger partial charge in [-0.3, -0.25) is 0 Å². The number of nitrogens with one attached hydrogen (secondary N) is 7. The average molecular weight is 3100 g/mol. The van der Waals surface area contributed by atoms with Crippen LogP contribution in [0.2, 0.25) is 0 Å². The zero-order valence-electron chi connectivity index (χ0n) is 50.0. The third-order valence-electron chi connectivity index (χ3n) is 0. The molecule has 575 valence electrons. The summed E-state index contributed by atoms with van der Waals surface area (Å²) in [6, 6.07) is 0. The third-order valence-corrected chi connectivity index (χ3v) is 0. The Labute approximate surface area is 661 Å². The van der Waals surface area contributed by atoms with Crippen molar-refractivity contribution in [2.45, 2.75) is 0 Å². The second-order valence-corrected chi connectivity index (χ2v) is 10.5. The summed E-state index contributed by atoms with van der Waals surface area (Å²) in [5, 5.41) is 0. The van der Waals surface area contributed by atoms with Crippen LogP contribution in [0.5, 0.6) is 0 Å². The van der Waals surface area contributed by atoms with Gasteiger partial charge in [0, 0.05) is 268 Å². The summed E-state index contributed by atoms with van der Waals surface area (Å²) in [6.07, 6.45) is 0. The molecule has 0 atom stereocenters. The number of quaternary nitrogens is 7. The number of rotatable bonds is 0. The number of hydrogen-bond donors (Lipinski definition) is 7. The van der Waals surface area contributed by atoms with Gasteiger partial charge in [0.05, 0.1) is 148 Å². The van der Waals surface area contributed by atoms with Crippen molar-refractivity contribution in [3.8, 4) is 0 Å². The van der Waals surface area contributed by atoms with Gasteiger partial charge in [-0.1, -0.05) is 0 Å². The molecule has 0 spiro atoms. The standard InChI is InChI=1S/7C3H9N.3Nb.40H2O.Si.9W/c7*1-4(2)3;;;;;;;;;;;;;;;;;;;;;;;;;;;;;;;;;;;;;;;;;;;;;;;;;;;;;/h7*1-3H3;;;;40*1H2;;;;;;;;;;/p+7. The Balaban J connectivity index is -0.000000000987. The van der Waals surface area contributed by atoms with E-state index in [0.717, 1.165) is 0 Å². The van der Waals surface area contributed by atoms with E-state index in [1.807, 2.05) is 0 Å². The van der Waals surface area contributed by atoms with Crippen LogP contribution in [0.4, 0.5) is 0 Å². The van der Waals surface area contributed by atoms with E-state index >= 15 is 0 Å². The topological polar surface area (TPSA) is 1290 Å². The summed E-state index contributed by atoms with van der Waals surface area (Å²) in [6.45, 7) is 0. The maximum absolute atomic E-state index is 2.08. The van der Waals surface area contributed by atoms with Crippen LogP contribution in [0.25, 0.3) is 0 Å². The molecule has 0 amide bonds. The summed E-state index contributed by atoms with van der Waals surface area (Å²) in [5.41, 5.74) is 0. The quantitative estimate of drug-likeness (QED) is 0.111. The zero-order valence-corrected chi connectivity index (χ0v) is 84.0. The molecule has 0 aliphatic heterocycles. The molecule has 0 saturated heterocycles. The van der Waals surface area contributed by atoms with E-state index in [1.54, 1.807) is 0 Å². The first kappa shape index (κ1) is 857. The van der Waals surface area contributed by atoms with Crippen LogP contribution >= 0.6 is 0 Å². The van der Waals surface area contributed by atoms with Crippen LogP contribution in [0.1, 0.15) is 0 Å². The fourth-order valence-corrected chi connectivity index (χ4v) is 0. The molecule has 0 aromatic carbocycles. The largest absolute Gasteiger partial charge is 0.412 e. The molecule has 0 heterocycles. The fourth-order valence-electron chi connectivity index (χ4n) is 0. The third kappa shape index (κ3) is 13700. The van der Waals surface area contributed by atoms with Gasteiger partial charge in [-0.05, 0) is 0 Å². The van der Waals surface area contributed by atoms with Crippen LogP contribution in [-0.2, 0) is 257 Å². The molecule has 0 unspecified atom stereocenters. The minimum atomic E-state index is 0. The summed E-state index contributed by atoms with van der Waals surface area (Å²) < 4.78 is 0. The first-order valence-corrected chi connectivity index (χ1v) is 10.5. The summed E-state index contributed by atoms with van der Waals surface area (Å²) in [4.78, 5) is 9.92. The van der Waals surface area contributed by atoms with Crippen LogP contribution in [0.15, 0.2) is 0 Å². The molecule has 87 N–H and O–H groups in total. The Hall–Kier alpha value is 6.75. The van der Waals surface area contributed by atoms with Gasteiger partial charge in [-0.2, -0.15) is 0 Å². The molecule has 0 aromatic rings. The SMILES string of the molecule is C[NH+](C)C.C[NH+](C)C.C[NH+](C)C.C[NH+](C)C.C[NH+](C)C.C[NH+](C)C.C[NH+](C)C.O.O.O.O.O.O.O.O.O.O.O.O.O.O.O.O.O.O.O.O.O.O.O.O.O.O.O.O.O.O.O.O.O.O.O.O.O.O.O.O.[Nb].[Nb].[Nb].[Si].[W].[W].[W].[W].[W].[W].[W].[W].[W]. The molecule has 60 heteroatoms. The van der Waals surface area contributed by atoms with Crippen LogP contribution in [0.3, 0.4) is 0 Å². The minimum Gasteiger partial charge on any atom is -0.412 e. The molecule has 0 aliphatic rings. The Bertz CT molecular complexity index is 248. The second-order valence-electron chi connectivity index (χ2n) is 10.5. The van der Waals surface area contributed by atoms with E-state index in [-0.39, 0.29) is 487 Å². The average Bonchev–Trinajstić information content (AvgIpc) is 2.20. The van der Waals surface area contributed by atoms with Crippen molar-refractivity contribution in [2.24, 2.45) is 0 Å². The summed E-state index contributed by atoms with van der Waals surface area (Å²) in [5.74, 6) is 0. The van der Waals surface area contributed by atoms with Crippen LogP contribution < -0.4 is 34.3 Å². The van der Waals surface area contributed by atoms with E-state index in [0.29, 0.717) is 0 Å². The van der Waals surface area contributed by atoms with E-state index < -0.39 is 0 Å². The molecule has 0 saturated carbocycles. The van der Waals surface area contributed by atoms with Gasteiger partial charge in [0.25, 0.3) is 0 Å². The van der Waals surface area contributed by atoms with E-state index in [4.69, 9.17) is 0 Å². The van der Waals surface area contributed by atoms with Gasteiger partial charge in [0.1, 0.15) is 0 Å². The zero-order chi connectivity index (χ0) is 25.0. The van der Waals surface area contributed by atoms with Crippen molar-refractivity contribution < 1.29 is 510 Å². The van der Waals surface area contributed by atoms with Crippen molar-refractivity contribution in [1.29, 1.82) is 0 Å². The second kappa shape index (κ2) is 828.